The maximum atomic E-state index is 13.7. The fraction of sp³-hybridized carbons (Fsp3) is 0.367. The van der Waals surface area contributed by atoms with Gasteiger partial charge in [-0.15, -0.1) is 0 Å². The number of nitrogens with one attached hydrogen (secondary N) is 1. The van der Waals surface area contributed by atoms with Gasteiger partial charge in [-0.05, 0) is 53.8 Å². The number of carbonyl (C=O) groups excluding carboxylic acids is 1. The van der Waals surface area contributed by atoms with Crippen LogP contribution in [0.25, 0.3) is 0 Å². The van der Waals surface area contributed by atoms with Crippen LogP contribution in [-0.4, -0.2) is 28.2 Å². The standard InChI is InChI=1S/C30H34N2O5/c1-3-4-10-26(32-19-20(2)15-24(30(32)36)16-21-8-6-5-7-9-21)29(35)31-25(18-28(33)34)22-11-12-27-23(17-22)13-14-37-27/h5-9,11-12,15,17,19,25-26H,3-4,10,13-14,16,18H2,1-2H3,(H,31,35)(H,33,34)/t25-,26+/m0/s1. The number of aromatic nitrogens is 1. The van der Waals surface area contributed by atoms with Gasteiger partial charge in [-0.2, -0.15) is 0 Å². The molecule has 1 aliphatic heterocycles. The fourth-order valence-corrected chi connectivity index (χ4v) is 4.90. The normalized spacial score (nSPS) is 13.9. The summed E-state index contributed by atoms with van der Waals surface area (Å²) in [4.78, 5) is 39.0. The van der Waals surface area contributed by atoms with E-state index in [0.29, 0.717) is 25.0 Å². The first-order valence-electron chi connectivity index (χ1n) is 12.9. The van der Waals surface area contributed by atoms with Crippen LogP contribution in [-0.2, 0) is 22.4 Å². The minimum atomic E-state index is -1.01. The third-order valence-electron chi connectivity index (χ3n) is 6.77. The van der Waals surface area contributed by atoms with E-state index in [2.05, 4.69) is 5.32 Å². The van der Waals surface area contributed by atoms with Crippen molar-refractivity contribution in [2.75, 3.05) is 6.61 Å². The van der Waals surface area contributed by atoms with Gasteiger partial charge in [0.1, 0.15) is 11.8 Å². The Bertz CT molecular complexity index is 1320. The number of aliphatic carboxylic acids is 1. The summed E-state index contributed by atoms with van der Waals surface area (Å²) in [6, 6.07) is 15.7. The van der Waals surface area contributed by atoms with Crippen LogP contribution in [0.15, 0.2) is 65.6 Å². The van der Waals surface area contributed by atoms with Crippen molar-refractivity contribution in [1.82, 2.24) is 9.88 Å². The molecule has 0 fully saturated rings. The predicted molar refractivity (Wildman–Crippen MR) is 142 cm³/mol. The van der Waals surface area contributed by atoms with Crippen molar-refractivity contribution in [3.8, 4) is 5.75 Å². The number of fused-ring (bicyclic) bond motifs is 1. The van der Waals surface area contributed by atoms with Gasteiger partial charge in [-0.25, -0.2) is 0 Å². The van der Waals surface area contributed by atoms with Crippen molar-refractivity contribution in [3.05, 3.63) is 99.0 Å². The van der Waals surface area contributed by atoms with Crippen molar-refractivity contribution in [2.24, 2.45) is 0 Å². The first kappa shape index (κ1) is 26.2. The summed E-state index contributed by atoms with van der Waals surface area (Å²) in [6.07, 6.45) is 4.80. The first-order chi connectivity index (χ1) is 17.9. The van der Waals surface area contributed by atoms with Gasteiger partial charge in [-0.3, -0.25) is 14.4 Å². The molecule has 2 heterocycles. The van der Waals surface area contributed by atoms with Crippen molar-refractivity contribution in [1.29, 1.82) is 0 Å². The highest BCUT2D eigenvalue weighted by Gasteiger charge is 2.27. The number of amides is 1. The lowest BCUT2D eigenvalue weighted by Gasteiger charge is -2.25. The molecule has 1 aliphatic rings. The van der Waals surface area contributed by atoms with Crippen molar-refractivity contribution in [2.45, 2.75) is 64.5 Å². The van der Waals surface area contributed by atoms with E-state index in [1.165, 1.54) is 4.57 Å². The second-order valence-electron chi connectivity index (χ2n) is 9.70. The highest BCUT2D eigenvalue weighted by Crippen LogP contribution is 2.30. The van der Waals surface area contributed by atoms with Crippen LogP contribution < -0.4 is 15.6 Å². The average Bonchev–Trinajstić information content (AvgIpc) is 3.35. The van der Waals surface area contributed by atoms with E-state index in [9.17, 15) is 19.5 Å². The van der Waals surface area contributed by atoms with Crippen LogP contribution >= 0.6 is 0 Å². The number of hydrogen-bond acceptors (Lipinski definition) is 4. The number of unbranched alkanes of at least 4 members (excludes halogenated alkanes) is 1. The van der Waals surface area contributed by atoms with Gasteiger partial charge < -0.3 is 19.7 Å². The maximum absolute atomic E-state index is 13.7. The van der Waals surface area contributed by atoms with Crippen molar-refractivity contribution >= 4 is 11.9 Å². The molecule has 2 atom stereocenters. The first-order valence-corrected chi connectivity index (χ1v) is 12.9. The minimum Gasteiger partial charge on any atom is -0.493 e. The molecule has 0 spiro atoms. The third kappa shape index (κ3) is 6.47. The second-order valence-corrected chi connectivity index (χ2v) is 9.70. The fourth-order valence-electron chi connectivity index (χ4n) is 4.90. The summed E-state index contributed by atoms with van der Waals surface area (Å²) in [5.41, 5.74) is 4.06. The molecule has 4 rings (SSSR count). The van der Waals surface area contributed by atoms with E-state index in [0.717, 1.165) is 47.3 Å². The zero-order chi connectivity index (χ0) is 26.4. The molecule has 0 saturated heterocycles. The third-order valence-corrected chi connectivity index (χ3v) is 6.77. The number of carboxylic acids is 1. The summed E-state index contributed by atoms with van der Waals surface area (Å²) in [5.74, 6) is -0.568. The summed E-state index contributed by atoms with van der Waals surface area (Å²) in [7, 11) is 0. The van der Waals surface area contributed by atoms with Gasteiger partial charge in [0.15, 0.2) is 0 Å². The van der Waals surface area contributed by atoms with Gasteiger partial charge in [0.25, 0.3) is 5.56 Å². The Morgan fingerprint density at radius 2 is 1.92 bits per heavy atom. The number of carbonyl (C=O) groups is 2. The van der Waals surface area contributed by atoms with E-state index < -0.39 is 18.1 Å². The predicted octanol–water partition coefficient (Wildman–Crippen LogP) is 4.75. The molecular weight excluding hydrogens is 468 g/mol. The Hall–Kier alpha value is -3.87. The number of aryl methyl sites for hydroxylation is 1. The Kier molecular flexibility index (Phi) is 8.43. The number of rotatable bonds is 11. The molecule has 7 heteroatoms. The van der Waals surface area contributed by atoms with E-state index in [4.69, 9.17) is 4.74 Å². The van der Waals surface area contributed by atoms with E-state index in [1.54, 1.807) is 12.3 Å². The summed E-state index contributed by atoms with van der Waals surface area (Å²) >= 11 is 0. The topological polar surface area (TPSA) is 97.6 Å². The molecule has 0 bridgehead atoms. The molecule has 7 nitrogen and oxygen atoms in total. The molecule has 0 unspecified atom stereocenters. The van der Waals surface area contributed by atoms with Gasteiger partial charge in [-0.1, -0.05) is 56.2 Å². The Labute approximate surface area is 217 Å². The number of pyridine rings is 1. The summed E-state index contributed by atoms with van der Waals surface area (Å²) in [5, 5.41) is 12.5. The van der Waals surface area contributed by atoms with Gasteiger partial charge in [0.2, 0.25) is 5.91 Å². The number of benzene rings is 2. The quantitative estimate of drug-likeness (QED) is 0.395. The Morgan fingerprint density at radius 3 is 2.65 bits per heavy atom. The van der Waals surface area contributed by atoms with Crippen molar-refractivity contribution < 1.29 is 19.4 Å². The highest BCUT2D eigenvalue weighted by molar-refractivity contribution is 5.81. The molecule has 1 amide bonds. The molecule has 1 aromatic heterocycles. The van der Waals surface area contributed by atoms with Gasteiger partial charge in [0.05, 0.1) is 19.1 Å². The summed E-state index contributed by atoms with van der Waals surface area (Å²) in [6.45, 7) is 4.54. The number of ether oxygens (including phenoxy) is 1. The Morgan fingerprint density at radius 1 is 1.14 bits per heavy atom. The molecule has 3 aromatic rings. The Balaban J connectivity index is 1.65. The second kappa shape index (κ2) is 11.9. The van der Waals surface area contributed by atoms with Crippen LogP contribution in [0.1, 0.15) is 72.5 Å². The molecule has 0 radical (unpaired) electrons. The van der Waals surface area contributed by atoms with E-state index in [1.807, 2.05) is 62.4 Å². The molecule has 194 valence electrons. The lowest BCUT2D eigenvalue weighted by atomic mass is 9.99. The molecule has 0 saturated carbocycles. The van der Waals surface area contributed by atoms with Crippen molar-refractivity contribution in [3.63, 3.8) is 0 Å². The lowest BCUT2D eigenvalue weighted by Crippen LogP contribution is -2.40. The number of carboxylic acid groups (broad SMARTS) is 1. The van der Waals surface area contributed by atoms with Crippen LogP contribution in [0.3, 0.4) is 0 Å². The molecule has 2 aromatic carbocycles. The minimum absolute atomic E-state index is 0.199. The lowest BCUT2D eigenvalue weighted by molar-refractivity contribution is -0.137. The molecule has 0 aliphatic carbocycles. The van der Waals surface area contributed by atoms with E-state index >= 15 is 0 Å². The number of hydrogen-bond donors (Lipinski definition) is 2. The largest absolute Gasteiger partial charge is 0.493 e. The maximum Gasteiger partial charge on any atom is 0.305 e. The SMILES string of the molecule is CCCC[C@H](C(=O)N[C@@H](CC(=O)O)c1ccc2c(c1)CCO2)n1cc(C)cc(Cc2ccccc2)c1=O. The molecule has 2 N–H and O–H groups in total. The van der Waals surface area contributed by atoms with E-state index in [-0.39, 0.29) is 17.9 Å². The molecular formula is C30H34N2O5. The van der Waals surface area contributed by atoms with Gasteiger partial charge >= 0.3 is 5.97 Å². The zero-order valence-corrected chi connectivity index (χ0v) is 21.4. The van der Waals surface area contributed by atoms with Crippen LogP contribution in [0, 0.1) is 6.92 Å². The number of nitrogens with zero attached hydrogens (tertiary/aromatic N) is 1. The summed E-state index contributed by atoms with van der Waals surface area (Å²) < 4.78 is 7.11. The van der Waals surface area contributed by atoms with Crippen LogP contribution in [0.5, 0.6) is 5.75 Å². The van der Waals surface area contributed by atoms with Crippen LogP contribution in [0.4, 0.5) is 0 Å². The van der Waals surface area contributed by atoms with Crippen LogP contribution in [0.2, 0.25) is 0 Å². The zero-order valence-electron chi connectivity index (χ0n) is 21.4. The monoisotopic (exact) mass is 502 g/mol. The van der Waals surface area contributed by atoms with Gasteiger partial charge in [0, 0.05) is 24.6 Å². The highest BCUT2D eigenvalue weighted by atomic mass is 16.5. The smallest absolute Gasteiger partial charge is 0.305 e. The average molecular weight is 503 g/mol. The molecule has 37 heavy (non-hydrogen) atoms.